The molecule has 9 heteroatoms. The second-order valence-electron chi connectivity index (χ2n) is 7.29. The molecule has 0 aromatic heterocycles. The molecule has 0 spiro atoms. The number of carbonyl (C=O) groups excluding carboxylic acids is 1. The van der Waals surface area contributed by atoms with Crippen molar-refractivity contribution < 1.29 is 31.4 Å². The molecule has 7 nitrogen and oxygen atoms in total. The van der Waals surface area contributed by atoms with E-state index in [0.29, 0.717) is 5.78 Å². The van der Waals surface area contributed by atoms with Crippen LogP contribution in [0.25, 0.3) is 0 Å². The lowest BCUT2D eigenvalue weighted by Gasteiger charge is -2.24. The highest BCUT2D eigenvalue weighted by molar-refractivity contribution is 6.60. The first-order valence-corrected chi connectivity index (χ1v) is 14.0. The summed E-state index contributed by atoms with van der Waals surface area (Å²) in [5, 5.41) is 0. The summed E-state index contributed by atoms with van der Waals surface area (Å²) < 4.78 is 32.6. The molecule has 168 valence electrons. The van der Waals surface area contributed by atoms with Gasteiger partial charge < -0.3 is 26.6 Å². The van der Waals surface area contributed by atoms with Gasteiger partial charge in [-0.3, -0.25) is 4.79 Å². The molecule has 0 aliphatic carbocycles. The Labute approximate surface area is 174 Å². The van der Waals surface area contributed by atoms with E-state index < -0.39 is 17.6 Å². The average molecular weight is 439 g/mol. The Morgan fingerprint density at radius 1 is 0.607 bits per heavy atom. The average Bonchev–Trinajstić information content (AvgIpc) is 2.74. The predicted octanol–water partition coefficient (Wildman–Crippen LogP) is 3.92. The standard InChI is InChI=1S/C19H42O7Si2/c1-17(13-9-11-15-27(21-3,22-4)23-5)19(20)18(2)14-10-12-16-28(24-6,25-7)26-8/h17-18H,9-16H2,1-8H3. The number of unbranched alkanes of at least 4 members (excludes halogenated alkanes) is 2. The molecule has 0 amide bonds. The molecule has 0 aliphatic heterocycles. The summed E-state index contributed by atoms with van der Waals surface area (Å²) in [4.78, 5) is 12.6. The molecule has 28 heavy (non-hydrogen) atoms. The largest absolute Gasteiger partial charge is 0.500 e. The van der Waals surface area contributed by atoms with Crippen LogP contribution in [0.1, 0.15) is 52.4 Å². The number of carbonyl (C=O) groups is 1. The zero-order valence-electron chi connectivity index (χ0n) is 19.2. The van der Waals surface area contributed by atoms with E-state index in [1.807, 2.05) is 13.8 Å². The van der Waals surface area contributed by atoms with Gasteiger partial charge in [0, 0.05) is 66.6 Å². The minimum atomic E-state index is -2.50. The quantitative estimate of drug-likeness (QED) is 0.237. The van der Waals surface area contributed by atoms with Crippen LogP contribution in [0.2, 0.25) is 12.1 Å². The molecule has 0 N–H and O–H groups in total. The van der Waals surface area contributed by atoms with Gasteiger partial charge in [-0.05, 0) is 25.7 Å². The van der Waals surface area contributed by atoms with Crippen LogP contribution in [0.3, 0.4) is 0 Å². The molecule has 0 radical (unpaired) electrons. The first-order chi connectivity index (χ1) is 13.3. The molecule has 0 bridgehead atoms. The minimum Gasteiger partial charge on any atom is -0.377 e. The topological polar surface area (TPSA) is 72.5 Å². The van der Waals surface area contributed by atoms with E-state index in [1.54, 1.807) is 42.7 Å². The van der Waals surface area contributed by atoms with Crippen LogP contribution in [0.4, 0.5) is 0 Å². The van der Waals surface area contributed by atoms with Crippen LogP contribution < -0.4 is 0 Å². The van der Waals surface area contributed by atoms with Crippen LogP contribution in [0.15, 0.2) is 0 Å². The number of ketones is 1. The van der Waals surface area contributed by atoms with Crippen LogP contribution in [-0.4, -0.2) is 66.1 Å². The predicted molar refractivity (Wildman–Crippen MR) is 114 cm³/mol. The number of rotatable bonds is 18. The van der Waals surface area contributed by atoms with Crippen molar-refractivity contribution in [2.75, 3.05) is 42.7 Å². The monoisotopic (exact) mass is 438 g/mol. The molecule has 0 aromatic carbocycles. The van der Waals surface area contributed by atoms with Crippen molar-refractivity contribution in [2.24, 2.45) is 11.8 Å². The third-order valence-corrected chi connectivity index (χ3v) is 11.2. The first kappa shape index (κ1) is 27.9. The van der Waals surface area contributed by atoms with Crippen LogP contribution in [0, 0.1) is 11.8 Å². The molecular formula is C19H42O7Si2. The van der Waals surface area contributed by atoms with Crippen molar-refractivity contribution in [2.45, 2.75) is 64.5 Å². The van der Waals surface area contributed by atoms with Gasteiger partial charge in [0.2, 0.25) is 0 Å². The summed E-state index contributed by atoms with van der Waals surface area (Å²) in [5.41, 5.74) is 0. The second-order valence-corrected chi connectivity index (χ2v) is 13.5. The Morgan fingerprint density at radius 3 is 1.14 bits per heavy atom. The molecular weight excluding hydrogens is 396 g/mol. The third-order valence-electron chi connectivity index (χ3n) is 5.58. The van der Waals surface area contributed by atoms with Gasteiger partial charge in [-0.15, -0.1) is 0 Å². The summed E-state index contributed by atoms with van der Waals surface area (Å²) >= 11 is 0. The van der Waals surface area contributed by atoms with Crippen molar-refractivity contribution in [3.05, 3.63) is 0 Å². The maximum absolute atomic E-state index is 12.6. The molecule has 2 atom stereocenters. The molecule has 0 saturated carbocycles. The van der Waals surface area contributed by atoms with Gasteiger partial charge in [0.1, 0.15) is 5.78 Å². The van der Waals surface area contributed by atoms with Crippen molar-refractivity contribution in [3.8, 4) is 0 Å². The van der Waals surface area contributed by atoms with E-state index >= 15 is 0 Å². The van der Waals surface area contributed by atoms with Crippen LogP contribution in [0.5, 0.6) is 0 Å². The summed E-state index contributed by atoms with van der Waals surface area (Å²) in [5.74, 6) is 0.496. The Morgan fingerprint density at radius 2 is 0.893 bits per heavy atom. The summed E-state index contributed by atoms with van der Waals surface area (Å²) in [7, 11) is 4.79. The maximum Gasteiger partial charge on any atom is 0.500 e. The molecule has 2 unspecified atom stereocenters. The van der Waals surface area contributed by atoms with Crippen molar-refractivity contribution in [3.63, 3.8) is 0 Å². The fourth-order valence-corrected chi connectivity index (χ4v) is 7.06. The van der Waals surface area contributed by atoms with Crippen molar-refractivity contribution >= 4 is 23.4 Å². The Hall–Kier alpha value is -0.136. The summed E-state index contributed by atoms with van der Waals surface area (Å²) in [6, 6.07) is 1.55. The smallest absolute Gasteiger partial charge is 0.377 e. The van der Waals surface area contributed by atoms with Gasteiger partial charge in [-0.1, -0.05) is 26.7 Å². The van der Waals surface area contributed by atoms with Gasteiger partial charge in [-0.25, -0.2) is 0 Å². The lowest BCUT2D eigenvalue weighted by molar-refractivity contribution is -0.126. The van der Waals surface area contributed by atoms with Crippen molar-refractivity contribution in [1.82, 2.24) is 0 Å². The van der Waals surface area contributed by atoms with E-state index in [1.165, 1.54) is 0 Å². The zero-order chi connectivity index (χ0) is 21.6. The molecule has 0 saturated heterocycles. The second kappa shape index (κ2) is 14.8. The number of Topliss-reactive ketones (excluding diaryl/α,β-unsaturated/α-hetero) is 1. The van der Waals surface area contributed by atoms with Gasteiger partial charge in [0.15, 0.2) is 0 Å². The minimum absolute atomic E-state index is 0.0732. The molecule has 0 aliphatic rings. The Bertz CT molecular complexity index is 363. The van der Waals surface area contributed by atoms with Crippen LogP contribution in [-0.2, 0) is 31.4 Å². The van der Waals surface area contributed by atoms with E-state index in [2.05, 4.69) is 0 Å². The van der Waals surface area contributed by atoms with E-state index in [-0.39, 0.29) is 11.8 Å². The highest BCUT2D eigenvalue weighted by atomic mass is 28.4. The summed E-state index contributed by atoms with van der Waals surface area (Å²) in [6.07, 6.45) is 5.58. The maximum atomic E-state index is 12.6. The third kappa shape index (κ3) is 9.12. The summed E-state index contributed by atoms with van der Waals surface area (Å²) in [6.45, 7) is 4.07. The normalized spacial score (nSPS) is 14.9. The van der Waals surface area contributed by atoms with Crippen molar-refractivity contribution in [1.29, 1.82) is 0 Å². The highest BCUT2D eigenvalue weighted by Gasteiger charge is 2.37. The molecule has 0 rings (SSSR count). The Balaban J connectivity index is 4.18. The SMILES string of the molecule is CO[Si](CCCCC(C)C(=O)C(C)CCCC[Si](OC)(OC)OC)(OC)OC. The Kier molecular flexibility index (Phi) is 14.7. The van der Waals surface area contributed by atoms with Gasteiger partial charge in [-0.2, -0.15) is 0 Å². The number of hydrogen-bond donors (Lipinski definition) is 0. The highest BCUT2D eigenvalue weighted by Crippen LogP contribution is 2.23. The lowest BCUT2D eigenvalue weighted by Crippen LogP contribution is -2.42. The van der Waals surface area contributed by atoms with Gasteiger partial charge in [0.05, 0.1) is 0 Å². The van der Waals surface area contributed by atoms with E-state index in [0.717, 1.165) is 50.6 Å². The first-order valence-electron chi connectivity index (χ1n) is 10.1. The fraction of sp³-hybridized carbons (Fsp3) is 0.947. The van der Waals surface area contributed by atoms with E-state index in [4.69, 9.17) is 26.6 Å². The molecule has 0 fully saturated rings. The van der Waals surface area contributed by atoms with Gasteiger partial charge in [0.25, 0.3) is 0 Å². The van der Waals surface area contributed by atoms with E-state index in [9.17, 15) is 4.79 Å². The molecule has 0 heterocycles. The zero-order valence-corrected chi connectivity index (χ0v) is 21.2. The fourth-order valence-electron chi connectivity index (χ4n) is 3.47. The lowest BCUT2D eigenvalue weighted by atomic mass is 9.88. The van der Waals surface area contributed by atoms with Crippen LogP contribution >= 0.6 is 0 Å². The van der Waals surface area contributed by atoms with Gasteiger partial charge >= 0.3 is 17.6 Å². The molecule has 0 aromatic rings. The number of hydrogen-bond acceptors (Lipinski definition) is 7.